The maximum absolute atomic E-state index is 13.1. The van der Waals surface area contributed by atoms with Crippen LogP contribution < -0.4 is 30.7 Å². The Labute approximate surface area is 240 Å². The summed E-state index contributed by atoms with van der Waals surface area (Å²) in [5.41, 5.74) is -1.10. The third-order valence-corrected chi connectivity index (χ3v) is 7.39. The van der Waals surface area contributed by atoms with E-state index in [9.17, 15) is 32.3 Å². The van der Waals surface area contributed by atoms with Crippen molar-refractivity contribution >= 4 is 35.1 Å². The van der Waals surface area contributed by atoms with Crippen molar-refractivity contribution in [2.75, 3.05) is 44.5 Å². The first-order chi connectivity index (χ1) is 19.9. The number of hydrogen-bond acceptors (Lipinski definition) is 7. The molecule has 1 spiro atoms. The Morgan fingerprint density at radius 1 is 0.976 bits per heavy atom. The molecule has 226 valence electrons. The van der Waals surface area contributed by atoms with Crippen molar-refractivity contribution in [3.8, 4) is 11.5 Å². The number of rotatable bonds is 10. The number of Topliss-reactive ketones (excluding diaryl/α,β-unsaturated/α-hetero) is 1. The van der Waals surface area contributed by atoms with Crippen molar-refractivity contribution in [3.63, 3.8) is 0 Å². The molecule has 0 saturated carbocycles. The van der Waals surface area contributed by atoms with Crippen LogP contribution in [0.25, 0.3) is 0 Å². The Kier molecular flexibility index (Phi) is 9.24. The summed E-state index contributed by atoms with van der Waals surface area (Å²) in [4.78, 5) is 51.5. The summed E-state index contributed by atoms with van der Waals surface area (Å²) < 4.78 is 49.1. The second kappa shape index (κ2) is 12.7. The van der Waals surface area contributed by atoms with E-state index in [0.29, 0.717) is 32.4 Å². The van der Waals surface area contributed by atoms with E-state index in [1.807, 2.05) is 0 Å². The molecule has 0 bridgehead atoms. The molecule has 2 aromatic carbocycles. The Hall–Kier alpha value is -4.33. The molecule has 2 aliphatic heterocycles. The van der Waals surface area contributed by atoms with Crippen LogP contribution in [0.2, 0.25) is 0 Å². The molecule has 0 radical (unpaired) electrons. The minimum absolute atomic E-state index is 0.143. The van der Waals surface area contributed by atoms with Gasteiger partial charge in [0.25, 0.3) is 5.91 Å². The highest BCUT2D eigenvalue weighted by atomic mass is 19.4. The lowest BCUT2D eigenvalue weighted by Crippen LogP contribution is -2.54. The molecule has 4 rings (SSSR count). The molecular formula is C28H32F3N5O6. The summed E-state index contributed by atoms with van der Waals surface area (Å²) in [5.74, 6) is 0.00508. The number of carbonyl (C=O) groups excluding carboxylic acids is 4. The van der Waals surface area contributed by atoms with Crippen LogP contribution in [0.3, 0.4) is 0 Å². The van der Waals surface area contributed by atoms with Gasteiger partial charge in [-0.05, 0) is 62.6 Å². The number of benzene rings is 2. The fraction of sp³-hybridized carbons (Fsp3) is 0.429. The summed E-state index contributed by atoms with van der Waals surface area (Å²) in [6.45, 7) is 2.03. The first-order valence-electron chi connectivity index (χ1n) is 13.3. The highest BCUT2D eigenvalue weighted by Gasteiger charge is 2.47. The van der Waals surface area contributed by atoms with Crippen LogP contribution in [0.1, 0.15) is 48.0 Å². The first-order valence-corrected chi connectivity index (χ1v) is 13.3. The minimum Gasteiger partial charge on any atom is -0.496 e. The van der Waals surface area contributed by atoms with E-state index in [1.54, 1.807) is 0 Å². The molecule has 2 fully saturated rings. The van der Waals surface area contributed by atoms with Gasteiger partial charge in [0.05, 0.1) is 31.0 Å². The predicted molar refractivity (Wildman–Crippen MR) is 147 cm³/mol. The molecule has 0 aliphatic carbocycles. The van der Waals surface area contributed by atoms with E-state index in [1.165, 1.54) is 26.4 Å². The number of nitrogens with one attached hydrogen (secondary N) is 4. The monoisotopic (exact) mass is 591 g/mol. The summed E-state index contributed by atoms with van der Waals surface area (Å²) >= 11 is 0. The number of unbranched alkanes of at least 4 members (excludes halogenated alkanes) is 1. The smallest absolute Gasteiger partial charge is 0.416 e. The summed E-state index contributed by atoms with van der Waals surface area (Å²) in [6, 6.07) is 5.70. The average molecular weight is 592 g/mol. The summed E-state index contributed by atoms with van der Waals surface area (Å²) in [7, 11) is 2.79. The van der Waals surface area contributed by atoms with E-state index in [4.69, 9.17) is 9.47 Å². The lowest BCUT2D eigenvalue weighted by molar-refractivity contribution is -0.137. The third-order valence-electron chi connectivity index (χ3n) is 7.39. The van der Waals surface area contributed by atoms with Gasteiger partial charge in [-0.25, -0.2) is 9.59 Å². The molecule has 2 saturated heterocycles. The topological polar surface area (TPSA) is 138 Å². The van der Waals surface area contributed by atoms with Gasteiger partial charge in [0.1, 0.15) is 17.0 Å². The average Bonchev–Trinajstić information content (AvgIpc) is 3.23. The van der Waals surface area contributed by atoms with Crippen molar-refractivity contribution in [3.05, 3.63) is 47.5 Å². The van der Waals surface area contributed by atoms with Crippen molar-refractivity contribution in [1.29, 1.82) is 0 Å². The number of amides is 5. The fourth-order valence-corrected chi connectivity index (χ4v) is 5.04. The molecule has 4 N–H and O–H groups in total. The van der Waals surface area contributed by atoms with Gasteiger partial charge in [-0.3, -0.25) is 14.9 Å². The van der Waals surface area contributed by atoms with E-state index in [2.05, 4.69) is 26.2 Å². The Bertz CT molecular complexity index is 1340. The number of nitrogens with zero attached hydrogens (tertiary/aromatic N) is 1. The molecule has 5 amide bonds. The van der Waals surface area contributed by atoms with Gasteiger partial charge >= 0.3 is 18.2 Å². The van der Waals surface area contributed by atoms with E-state index in [0.717, 1.165) is 37.2 Å². The molecule has 0 unspecified atom stereocenters. The van der Waals surface area contributed by atoms with Gasteiger partial charge in [-0.2, -0.15) is 13.2 Å². The molecule has 42 heavy (non-hydrogen) atoms. The number of likely N-dealkylation sites (tertiary alicyclic amines) is 1. The fourth-order valence-electron chi connectivity index (χ4n) is 5.04. The number of methoxy groups -OCH3 is 2. The summed E-state index contributed by atoms with van der Waals surface area (Å²) in [6.07, 6.45) is -1.91. The van der Waals surface area contributed by atoms with E-state index in [-0.39, 0.29) is 46.5 Å². The number of carbonyl (C=O) groups is 4. The number of alkyl halides is 3. The molecule has 14 heteroatoms. The third kappa shape index (κ3) is 7.11. The summed E-state index contributed by atoms with van der Waals surface area (Å²) in [5, 5.41) is 10.1. The molecule has 2 heterocycles. The number of urea groups is 2. The standard InChI is InChI=1S/C28H32F3N5O6/c1-41-22-16-23(42-2)20(33-25(39)32-18-8-6-17(7-9-18)28(29,30)31)15-19(22)21(37)5-3-4-12-36-13-10-27(11-14-36)24(38)34-26(40)35-27/h6-9,15-16H,3-5,10-14H2,1-2H3,(H2,32,33,39)(H2,34,35,38,40). The highest BCUT2D eigenvalue weighted by Crippen LogP contribution is 2.35. The molecular weight excluding hydrogens is 559 g/mol. The number of ketones is 1. The zero-order valence-corrected chi connectivity index (χ0v) is 23.2. The van der Waals surface area contributed by atoms with E-state index < -0.39 is 29.3 Å². The SMILES string of the molecule is COc1cc(OC)c(C(=O)CCCCN2CCC3(CC2)NC(=O)NC3=O)cc1NC(=O)Nc1ccc(C(F)(F)F)cc1. The lowest BCUT2D eigenvalue weighted by atomic mass is 9.87. The number of ether oxygens (including phenoxy) is 2. The Morgan fingerprint density at radius 3 is 2.21 bits per heavy atom. The van der Waals surface area contributed by atoms with Gasteiger partial charge in [-0.15, -0.1) is 0 Å². The van der Waals surface area contributed by atoms with Crippen LogP contribution in [0.15, 0.2) is 36.4 Å². The van der Waals surface area contributed by atoms with Crippen molar-refractivity contribution in [2.24, 2.45) is 0 Å². The number of anilines is 2. The molecule has 2 aliphatic rings. The highest BCUT2D eigenvalue weighted by molar-refractivity contribution is 6.07. The van der Waals surface area contributed by atoms with Gasteiger partial charge in [0.2, 0.25) is 0 Å². The number of piperidine rings is 1. The number of halogens is 3. The van der Waals surface area contributed by atoms with Crippen LogP contribution in [0.5, 0.6) is 11.5 Å². The van der Waals surface area contributed by atoms with Crippen molar-refractivity contribution in [1.82, 2.24) is 15.5 Å². The zero-order chi connectivity index (χ0) is 30.5. The second-order valence-corrected chi connectivity index (χ2v) is 10.1. The van der Waals surface area contributed by atoms with Crippen LogP contribution in [0, 0.1) is 0 Å². The normalized spacial score (nSPS) is 16.5. The number of hydrogen-bond donors (Lipinski definition) is 4. The van der Waals surface area contributed by atoms with Crippen LogP contribution in [-0.2, 0) is 11.0 Å². The minimum atomic E-state index is -4.49. The zero-order valence-electron chi connectivity index (χ0n) is 23.2. The largest absolute Gasteiger partial charge is 0.496 e. The maximum Gasteiger partial charge on any atom is 0.416 e. The van der Waals surface area contributed by atoms with Crippen molar-refractivity contribution in [2.45, 2.75) is 43.8 Å². The van der Waals surface area contributed by atoms with Crippen LogP contribution >= 0.6 is 0 Å². The lowest BCUT2D eigenvalue weighted by Gasteiger charge is -2.36. The maximum atomic E-state index is 13.1. The van der Waals surface area contributed by atoms with Gasteiger partial charge in [0.15, 0.2) is 5.78 Å². The predicted octanol–water partition coefficient (Wildman–Crippen LogP) is 4.39. The first kappa shape index (κ1) is 30.6. The van der Waals surface area contributed by atoms with Gasteiger partial charge < -0.3 is 30.3 Å². The Morgan fingerprint density at radius 2 is 1.64 bits per heavy atom. The molecule has 2 aromatic rings. The quantitative estimate of drug-likeness (QED) is 0.183. The Balaban J connectivity index is 1.31. The second-order valence-electron chi connectivity index (χ2n) is 10.1. The van der Waals surface area contributed by atoms with Crippen LogP contribution in [-0.4, -0.2) is 68.0 Å². The molecule has 0 atom stereocenters. The van der Waals surface area contributed by atoms with Crippen LogP contribution in [0.4, 0.5) is 34.1 Å². The molecule has 11 nitrogen and oxygen atoms in total. The van der Waals surface area contributed by atoms with Gasteiger partial charge in [-0.1, -0.05) is 0 Å². The van der Waals surface area contributed by atoms with Gasteiger partial charge in [0, 0.05) is 31.3 Å². The van der Waals surface area contributed by atoms with Crippen molar-refractivity contribution < 1.29 is 41.8 Å². The molecule has 0 aromatic heterocycles. The number of imide groups is 1. The van der Waals surface area contributed by atoms with E-state index >= 15 is 0 Å².